The molecule has 3 rings (SSSR count). The highest BCUT2D eigenvalue weighted by molar-refractivity contribution is 6.05. The van der Waals surface area contributed by atoms with E-state index in [0.29, 0.717) is 17.9 Å². The molecule has 2 heterocycles. The molecule has 0 amide bonds. The molecule has 0 spiro atoms. The first-order valence-electron chi connectivity index (χ1n) is 8.14. The van der Waals surface area contributed by atoms with E-state index in [1.807, 2.05) is 44.2 Å². The molecule has 0 fully saturated rings. The highest BCUT2D eigenvalue weighted by Gasteiger charge is 2.33. The van der Waals surface area contributed by atoms with E-state index in [0.717, 1.165) is 22.2 Å². The van der Waals surface area contributed by atoms with Crippen molar-refractivity contribution in [3.05, 3.63) is 53.5 Å². The van der Waals surface area contributed by atoms with Gasteiger partial charge in [-0.3, -0.25) is 10.4 Å². The van der Waals surface area contributed by atoms with Crippen molar-refractivity contribution in [3.63, 3.8) is 0 Å². The second-order valence-corrected chi connectivity index (χ2v) is 5.88. The number of benzene rings is 1. The van der Waals surface area contributed by atoms with Gasteiger partial charge in [-0.1, -0.05) is 24.3 Å². The van der Waals surface area contributed by atoms with Gasteiger partial charge in [0.25, 0.3) is 0 Å². The van der Waals surface area contributed by atoms with E-state index in [-0.39, 0.29) is 18.5 Å². The van der Waals surface area contributed by atoms with Gasteiger partial charge in [-0.05, 0) is 25.3 Å². The zero-order valence-corrected chi connectivity index (χ0v) is 14.6. The van der Waals surface area contributed by atoms with Crippen molar-refractivity contribution >= 4 is 22.5 Å². The average molecular weight is 339 g/mol. The molecular formula is C19H21N3O3. The Labute approximate surface area is 146 Å². The van der Waals surface area contributed by atoms with Crippen LogP contribution in [0.25, 0.3) is 10.8 Å². The number of esters is 1. The van der Waals surface area contributed by atoms with E-state index in [1.165, 1.54) is 0 Å². The Morgan fingerprint density at radius 3 is 2.80 bits per heavy atom. The van der Waals surface area contributed by atoms with E-state index >= 15 is 0 Å². The number of hydrogen-bond donors (Lipinski definition) is 1. The van der Waals surface area contributed by atoms with Gasteiger partial charge >= 0.3 is 5.97 Å². The van der Waals surface area contributed by atoms with Gasteiger partial charge in [0.2, 0.25) is 0 Å². The van der Waals surface area contributed by atoms with Crippen LogP contribution in [0.4, 0.5) is 0 Å². The molecular weight excluding hydrogens is 318 g/mol. The molecule has 25 heavy (non-hydrogen) atoms. The quantitative estimate of drug-likeness (QED) is 0.670. The van der Waals surface area contributed by atoms with Crippen molar-refractivity contribution in [3.8, 4) is 0 Å². The van der Waals surface area contributed by atoms with Crippen molar-refractivity contribution in [1.82, 2.24) is 10.4 Å². The number of methoxy groups -OCH3 is 1. The topological polar surface area (TPSA) is 72.8 Å². The zero-order chi connectivity index (χ0) is 17.8. The summed E-state index contributed by atoms with van der Waals surface area (Å²) in [5.74, 6) is -0.724. The number of allylic oxidation sites excluding steroid dienone is 1. The van der Waals surface area contributed by atoms with E-state index < -0.39 is 0 Å². The number of fused-ring (bicyclic) bond motifs is 1. The van der Waals surface area contributed by atoms with Gasteiger partial charge in [0.05, 0.1) is 23.8 Å². The Morgan fingerprint density at radius 2 is 2.00 bits per heavy atom. The Kier molecular flexibility index (Phi) is 5.09. The Balaban J connectivity index is 2.05. The Bertz CT molecular complexity index is 853. The summed E-state index contributed by atoms with van der Waals surface area (Å²) < 4.78 is 10.3. The molecule has 1 aromatic heterocycles. The van der Waals surface area contributed by atoms with Crippen molar-refractivity contribution in [2.75, 3.05) is 20.3 Å². The lowest BCUT2D eigenvalue weighted by Gasteiger charge is -2.26. The molecule has 1 aromatic carbocycles. The lowest BCUT2D eigenvalue weighted by molar-refractivity contribution is -0.140. The Morgan fingerprint density at radius 1 is 1.20 bits per heavy atom. The van der Waals surface area contributed by atoms with Crippen LogP contribution in [-0.2, 0) is 14.3 Å². The molecule has 130 valence electrons. The molecule has 1 aliphatic rings. The van der Waals surface area contributed by atoms with Crippen molar-refractivity contribution in [2.24, 2.45) is 5.10 Å². The number of hydrazone groups is 1. The smallest absolute Gasteiger partial charge is 0.336 e. The third-order valence-corrected chi connectivity index (χ3v) is 4.23. The number of ether oxygens (including phenoxy) is 2. The second kappa shape index (κ2) is 7.44. The standard InChI is InChI=1S/C19H21N3O3/c1-12-16(18-15-7-5-4-6-14(15)8-9-20-18)17(13(2)22-21-12)19(23)25-11-10-24-3/h4-9,16,22H,10-11H2,1-3H3. The number of carbonyl (C=O) groups excluding carboxylic acids is 1. The lowest BCUT2D eigenvalue weighted by atomic mass is 9.86. The number of nitrogens with zero attached hydrogens (tertiary/aromatic N) is 2. The molecule has 1 unspecified atom stereocenters. The molecule has 0 saturated heterocycles. The summed E-state index contributed by atoms with van der Waals surface area (Å²) in [4.78, 5) is 17.3. The number of pyridine rings is 1. The Hall–Kier alpha value is -2.73. The molecule has 6 heteroatoms. The van der Waals surface area contributed by atoms with Gasteiger partial charge < -0.3 is 9.47 Å². The SMILES string of the molecule is COCCOC(=O)C1=C(C)NN=C(C)C1c1nccc2ccccc12. The van der Waals surface area contributed by atoms with Gasteiger partial charge in [-0.2, -0.15) is 5.10 Å². The molecule has 0 bridgehead atoms. The van der Waals surface area contributed by atoms with Crippen LogP contribution in [0.5, 0.6) is 0 Å². The molecule has 0 saturated carbocycles. The normalized spacial score (nSPS) is 17.2. The van der Waals surface area contributed by atoms with Crippen LogP contribution in [-0.4, -0.2) is 37.0 Å². The first kappa shape index (κ1) is 17.1. The first-order valence-corrected chi connectivity index (χ1v) is 8.14. The summed E-state index contributed by atoms with van der Waals surface area (Å²) in [7, 11) is 1.57. The first-order chi connectivity index (χ1) is 12.1. The van der Waals surface area contributed by atoms with E-state index in [9.17, 15) is 4.79 Å². The maximum atomic E-state index is 12.7. The highest BCUT2D eigenvalue weighted by Crippen LogP contribution is 2.34. The van der Waals surface area contributed by atoms with Crippen LogP contribution in [0, 0.1) is 0 Å². The van der Waals surface area contributed by atoms with Gasteiger partial charge in [-0.15, -0.1) is 0 Å². The maximum Gasteiger partial charge on any atom is 0.336 e. The third kappa shape index (κ3) is 3.39. The van der Waals surface area contributed by atoms with Gasteiger partial charge in [0, 0.05) is 30.1 Å². The summed E-state index contributed by atoms with van der Waals surface area (Å²) in [5.41, 5.74) is 5.69. The van der Waals surface area contributed by atoms with Gasteiger partial charge in [0.15, 0.2) is 0 Å². The van der Waals surface area contributed by atoms with Crippen LogP contribution < -0.4 is 5.43 Å². The molecule has 0 radical (unpaired) electrons. The highest BCUT2D eigenvalue weighted by atomic mass is 16.6. The number of aromatic nitrogens is 1. The molecule has 2 aromatic rings. The predicted molar refractivity (Wildman–Crippen MR) is 96.3 cm³/mol. The third-order valence-electron chi connectivity index (χ3n) is 4.23. The lowest BCUT2D eigenvalue weighted by Crippen LogP contribution is -2.30. The fraction of sp³-hybridized carbons (Fsp3) is 0.316. The number of nitrogens with one attached hydrogen (secondary N) is 1. The number of hydrogen-bond acceptors (Lipinski definition) is 6. The number of carbonyl (C=O) groups is 1. The zero-order valence-electron chi connectivity index (χ0n) is 14.6. The average Bonchev–Trinajstić information content (AvgIpc) is 2.63. The van der Waals surface area contributed by atoms with Crippen LogP contribution in [0.1, 0.15) is 25.5 Å². The van der Waals surface area contributed by atoms with Gasteiger partial charge in [0.1, 0.15) is 6.61 Å². The summed E-state index contributed by atoms with van der Waals surface area (Å²) in [6, 6.07) is 9.95. The summed E-state index contributed by atoms with van der Waals surface area (Å²) >= 11 is 0. The van der Waals surface area contributed by atoms with E-state index in [4.69, 9.17) is 9.47 Å². The molecule has 6 nitrogen and oxygen atoms in total. The van der Waals surface area contributed by atoms with Crippen LogP contribution in [0.3, 0.4) is 0 Å². The van der Waals surface area contributed by atoms with Crippen molar-refractivity contribution < 1.29 is 14.3 Å². The predicted octanol–water partition coefficient (Wildman–Crippen LogP) is 2.76. The number of rotatable bonds is 5. The van der Waals surface area contributed by atoms with Crippen LogP contribution >= 0.6 is 0 Å². The summed E-state index contributed by atoms with van der Waals surface area (Å²) in [6.07, 6.45) is 1.76. The van der Waals surface area contributed by atoms with E-state index in [1.54, 1.807) is 13.3 Å². The minimum absolute atomic E-state index is 0.206. The largest absolute Gasteiger partial charge is 0.460 e. The van der Waals surface area contributed by atoms with Crippen molar-refractivity contribution in [2.45, 2.75) is 19.8 Å². The molecule has 1 N–H and O–H groups in total. The summed E-state index contributed by atoms with van der Waals surface area (Å²) in [6.45, 7) is 4.27. The molecule has 1 atom stereocenters. The minimum Gasteiger partial charge on any atom is -0.460 e. The van der Waals surface area contributed by atoms with Crippen LogP contribution in [0.15, 0.2) is 52.9 Å². The van der Waals surface area contributed by atoms with E-state index in [2.05, 4.69) is 15.5 Å². The fourth-order valence-electron chi connectivity index (χ4n) is 3.00. The molecule has 0 aliphatic carbocycles. The monoisotopic (exact) mass is 339 g/mol. The minimum atomic E-state index is -0.379. The molecule has 1 aliphatic heterocycles. The second-order valence-electron chi connectivity index (χ2n) is 5.88. The fourth-order valence-corrected chi connectivity index (χ4v) is 3.00. The van der Waals surface area contributed by atoms with Crippen molar-refractivity contribution in [1.29, 1.82) is 0 Å². The summed E-state index contributed by atoms with van der Waals surface area (Å²) in [5, 5.41) is 6.42. The van der Waals surface area contributed by atoms with Crippen LogP contribution in [0.2, 0.25) is 0 Å². The van der Waals surface area contributed by atoms with Gasteiger partial charge in [-0.25, -0.2) is 4.79 Å². The maximum absolute atomic E-state index is 12.7.